The van der Waals surface area contributed by atoms with Crippen LogP contribution in [0.25, 0.3) is 0 Å². The molecule has 58 valence electrons. The Morgan fingerprint density at radius 1 is 1.30 bits per heavy atom. The molecular formula is C9H17N. The van der Waals surface area contributed by atoms with E-state index in [-0.39, 0.29) is 0 Å². The second-order valence-electron chi connectivity index (χ2n) is 4.05. The fourth-order valence-electron chi connectivity index (χ4n) is 2.54. The van der Waals surface area contributed by atoms with Crippen LogP contribution in [0.5, 0.6) is 0 Å². The fraction of sp³-hybridized carbons (Fsp3) is 1.00. The maximum atomic E-state index is 3.63. The van der Waals surface area contributed by atoms with Crippen molar-refractivity contribution in [2.45, 2.75) is 38.6 Å². The molecule has 0 radical (unpaired) electrons. The summed E-state index contributed by atoms with van der Waals surface area (Å²) in [6.45, 7) is 3.63. The Bertz CT molecular complexity index is 122. The zero-order valence-corrected chi connectivity index (χ0v) is 6.77. The van der Waals surface area contributed by atoms with Gasteiger partial charge in [-0.2, -0.15) is 0 Å². The summed E-state index contributed by atoms with van der Waals surface area (Å²) in [7, 11) is 0. The summed E-state index contributed by atoms with van der Waals surface area (Å²) < 4.78 is 0. The maximum Gasteiger partial charge on any atom is 0.00955 e. The van der Waals surface area contributed by atoms with E-state index in [1.807, 2.05) is 0 Å². The van der Waals surface area contributed by atoms with Crippen LogP contribution in [0.1, 0.15) is 32.6 Å². The van der Waals surface area contributed by atoms with Gasteiger partial charge >= 0.3 is 0 Å². The molecule has 2 aliphatic rings. The van der Waals surface area contributed by atoms with Crippen molar-refractivity contribution in [3.63, 3.8) is 0 Å². The van der Waals surface area contributed by atoms with Crippen LogP contribution in [0, 0.1) is 11.8 Å². The van der Waals surface area contributed by atoms with Crippen LogP contribution in [0.4, 0.5) is 0 Å². The second kappa shape index (κ2) is 2.54. The number of hydrogen-bond donors (Lipinski definition) is 1. The summed E-state index contributed by atoms with van der Waals surface area (Å²) in [6.07, 6.45) is 5.88. The quantitative estimate of drug-likeness (QED) is 0.539. The molecule has 1 heteroatoms. The standard InChI is InChI=1S/C9H17N/c1-7-5-8-3-2-4-9(8)10-6-7/h7-10H,2-6H2,1H3. The average Bonchev–Trinajstić information content (AvgIpc) is 2.33. The molecule has 0 aromatic carbocycles. The Labute approximate surface area is 63.2 Å². The molecule has 2 fully saturated rings. The molecule has 2 rings (SSSR count). The molecule has 3 atom stereocenters. The molecule has 0 bridgehead atoms. The van der Waals surface area contributed by atoms with Gasteiger partial charge in [0, 0.05) is 6.04 Å². The molecule has 0 amide bonds. The number of piperidine rings is 1. The van der Waals surface area contributed by atoms with Crippen LogP contribution in [-0.4, -0.2) is 12.6 Å². The third-order valence-corrected chi connectivity index (χ3v) is 3.09. The van der Waals surface area contributed by atoms with Gasteiger partial charge in [0.15, 0.2) is 0 Å². The molecule has 0 aromatic rings. The first-order valence-corrected chi connectivity index (χ1v) is 4.59. The minimum atomic E-state index is 0.899. The van der Waals surface area contributed by atoms with Crippen molar-refractivity contribution >= 4 is 0 Å². The van der Waals surface area contributed by atoms with Crippen LogP contribution >= 0.6 is 0 Å². The van der Waals surface area contributed by atoms with Crippen LogP contribution in [0.15, 0.2) is 0 Å². The van der Waals surface area contributed by atoms with Gasteiger partial charge < -0.3 is 5.32 Å². The van der Waals surface area contributed by atoms with Crippen molar-refractivity contribution in [2.24, 2.45) is 11.8 Å². The van der Waals surface area contributed by atoms with Crippen LogP contribution in [-0.2, 0) is 0 Å². The summed E-state index contributed by atoms with van der Waals surface area (Å²) >= 11 is 0. The first-order chi connectivity index (χ1) is 4.86. The largest absolute Gasteiger partial charge is 0.313 e. The lowest BCUT2D eigenvalue weighted by atomic mass is 9.88. The van der Waals surface area contributed by atoms with E-state index in [0.29, 0.717) is 0 Å². The minimum Gasteiger partial charge on any atom is -0.313 e. The minimum absolute atomic E-state index is 0.899. The third-order valence-electron chi connectivity index (χ3n) is 3.09. The number of rotatable bonds is 0. The highest BCUT2D eigenvalue weighted by Gasteiger charge is 2.31. The zero-order chi connectivity index (χ0) is 6.97. The van der Waals surface area contributed by atoms with E-state index in [1.165, 1.54) is 32.2 Å². The van der Waals surface area contributed by atoms with Crippen molar-refractivity contribution in [1.29, 1.82) is 0 Å². The highest BCUT2D eigenvalue weighted by molar-refractivity contribution is 4.88. The van der Waals surface area contributed by atoms with Crippen LogP contribution in [0.3, 0.4) is 0 Å². The fourth-order valence-corrected chi connectivity index (χ4v) is 2.54. The van der Waals surface area contributed by atoms with E-state index >= 15 is 0 Å². The first kappa shape index (κ1) is 6.66. The zero-order valence-electron chi connectivity index (χ0n) is 6.77. The van der Waals surface area contributed by atoms with E-state index in [4.69, 9.17) is 0 Å². The monoisotopic (exact) mass is 139 g/mol. The van der Waals surface area contributed by atoms with E-state index in [9.17, 15) is 0 Å². The Kier molecular flexibility index (Phi) is 1.69. The van der Waals surface area contributed by atoms with E-state index < -0.39 is 0 Å². The second-order valence-corrected chi connectivity index (χ2v) is 4.05. The summed E-state index contributed by atoms with van der Waals surface area (Å²) in [5, 5.41) is 3.63. The topological polar surface area (TPSA) is 12.0 Å². The molecule has 10 heavy (non-hydrogen) atoms. The Hall–Kier alpha value is -0.0400. The predicted molar refractivity (Wildman–Crippen MR) is 42.9 cm³/mol. The van der Waals surface area contributed by atoms with Gasteiger partial charge in [0.2, 0.25) is 0 Å². The lowest BCUT2D eigenvalue weighted by Gasteiger charge is -2.30. The third kappa shape index (κ3) is 1.07. The van der Waals surface area contributed by atoms with Gasteiger partial charge in [0.1, 0.15) is 0 Å². The van der Waals surface area contributed by atoms with Crippen molar-refractivity contribution in [1.82, 2.24) is 5.32 Å². The van der Waals surface area contributed by atoms with Crippen molar-refractivity contribution in [2.75, 3.05) is 6.54 Å². The molecule has 0 spiro atoms. The van der Waals surface area contributed by atoms with E-state index in [0.717, 1.165) is 17.9 Å². The SMILES string of the molecule is CC1CNC2CCCC2C1. The number of fused-ring (bicyclic) bond motifs is 1. The molecular weight excluding hydrogens is 122 g/mol. The van der Waals surface area contributed by atoms with Crippen LogP contribution in [0.2, 0.25) is 0 Å². The van der Waals surface area contributed by atoms with E-state index in [2.05, 4.69) is 12.2 Å². The van der Waals surface area contributed by atoms with Gasteiger partial charge in [-0.3, -0.25) is 0 Å². The van der Waals surface area contributed by atoms with Gasteiger partial charge in [0.25, 0.3) is 0 Å². The van der Waals surface area contributed by atoms with Crippen molar-refractivity contribution in [3.8, 4) is 0 Å². The Balaban J connectivity index is 1.96. The smallest absolute Gasteiger partial charge is 0.00955 e. The van der Waals surface area contributed by atoms with Gasteiger partial charge in [-0.25, -0.2) is 0 Å². The lowest BCUT2D eigenvalue weighted by molar-refractivity contribution is 0.257. The highest BCUT2D eigenvalue weighted by Crippen LogP contribution is 2.33. The van der Waals surface area contributed by atoms with Gasteiger partial charge in [0.05, 0.1) is 0 Å². The average molecular weight is 139 g/mol. The maximum absolute atomic E-state index is 3.63. The molecule has 1 saturated heterocycles. The van der Waals surface area contributed by atoms with Crippen molar-refractivity contribution < 1.29 is 0 Å². The molecule has 1 aliphatic heterocycles. The lowest BCUT2D eigenvalue weighted by Crippen LogP contribution is -2.41. The van der Waals surface area contributed by atoms with Gasteiger partial charge in [-0.1, -0.05) is 13.3 Å². The molecule has 1 N–H and O–H groups in total. The van der Waals surface area contributed by atoms with E-state index in [1.54, 1.807) is 0 Å². The molecule has 1 heterocycles. The van der Waals surface area contributed by atoms with Gasteiger partial charge in [-0.15, -0.1) is 0 Å². The molecule has 1 aliphatic carbocycles. The molecule has 3 unspecified atom stereocenters. The molecule has 1 nitrogen and oxygen atoms in total. The summed E-state index contributed by atoms with van der Waals surface area (Å²) in [4.78, 5) is 0. The summed E-state index contributed by atoms with van der Waals surface area (Å²) in [5.41, 5.74) is 0. The normalized spacial score (nSPS) is 47.1. The molecule has 0 aromatic heterocycles. The Morgan fingerprint density at radius 2 is 2.20 bits per heavy atom. The summed E-state index contributed by atoms with van der Waals surface area (Å²) in [5.74, 6) is 1.96. The number of nitrogens with one attached hydrogen (secondary N) is 1. The summed E-state index contributed by atoms with van der Waals surface area (Å²) in [6, 6.07) is 0.899. The van der Waals surface area contributed by atoms with Gasteiger partial charge in [-0.05, 0) is 37.6 Å². The number of hydrogen-bond acceptors (Lipinski definition) is 1. The highest BCUT2D eigenvalue weighted by atomic mass is 14.9. The Morgan fingerprint density at radius 3 is 3.10 bits per heavy atom. The molecule has 1 saturated carbocycles. The van der Waals surface area contributed by atoms with Crippen molar-refractivity contribution in [3.05, 3.63) is 0 Å². The van der Waals surface area contributed by atoms with Crippen LogP contribution < -0.4 is 5.32 Å². The first-order valence-electron chi connectivity index (χ1n) is 4.59. The predicted octanol–water partition coefficient (Wildman–Crippen LogP) is 1.78.